The van der Waals surface area contributed by atoms with Crippen LogP contribution in [0.1, 0.15) is 25.0 Å². The molecule has 11 rings (SSSR count). The topological polar surface area (TPSA) is 25.8 Å². The van der Waals surface area contributed by atoms with Gasteiger partial charge in [-0.25, -0.2) is 9.97 Å². The highest BCUT2D eigenvalue weighted by molar-refractivity contribution is 6.28. The van der Waals surface area contributed by atoms with E-state index in [0.29, 0.717) is 5.82 Å². The third-order valence-electron chi connectivity index (χ3n) is 12.1. The first kappa shape index (κ1) is 33.2. The monoisotopic (exact) mass is 726 g/mol. The van der Waals surface area contributed by atoms with Gasteiger partial charge in [0, 0.05) is 22.1 Å². The van der Waals surface area contributed by atoms with Gasteiger partial charge in [0.05, 0.1) is 11.4 Å². The Kier molecular flexibility index (Phi) is 7.55. The van der Waals surface area contributed by atoms with Gasteiger partial charge in [0.1, 0.15) is 0 Å². The molecule has 1 aromatic heterocycles. The predicted molar refractivity (Wildman–Crippen MR) is 239 cm³/mol. The second-order valence-electron chi connectivity index (χ2n) is 15.7. The molecule has 57 heavy (non-hydrogen) atoms. The summed E-state index contributed by atoms with van der Waals surface area (Å²) in [5, 5.41) is 7.55. The van der Waals surface area contributed by atoms with E-state index in [2.05, 4.69) is 184 Å². The molecule has 1 aliphatic rings. The molecule has 9 aromatic carbocycles. The minimum atomic E-state index is -0.0154. The molecule has 0 saturated heterocycles. The van der Waals surface area contributed by atoms with Crippen molar-refractivity contribution in [2.24, 2.45) is 0 Å². The van der Waals surface area contributed by atoms with Gasteiger partial charge in [-0.15, -0.1) is 0 Å². The molecule has 0 radical (unpaired) electrons. The van der Waals surface area contributed by atoms with Gasteiger partial charge in [-0.2, -0.15) is 0 Å². The Bertz CT molecular complexity index is 3140. The number of rotatable bonds is 5. The molecule has 0 bridgehead atoms. The Morgan fingerprint density at radius 2 is 0.860 bits per heavy atom. The average Bonchev–Trinajstić information content (AvgIpc) is 3.51. The molecule has 0 atom stereocenters. The standard InChI is InChI=1S/C55H38N2/c1-55(2)49-26-12-11-23-44(49)48-33-38(28-30-50(48)55)37-27-29-46-47(32-37)43-22-10-9-21-42(43)45-25-14-24-41(53(45)46)39-19-13-20-40(31-39)52-34-51(35-15-5-3-6-16-35)56-54(57-52)36-17-7-4-8-18-36/h3-34H,1-2H3. The summed E-state index contributed by atoms with van der Waals surface area (Å²) in [7, 11) is 0. The molecule has 0 N–H and O–H groups in total. The van der Waals surface area contributed by atoms with E-state index < -0.39 is 0 Å². The van der Waals surface area contributed by atoms with Crippen LogP contribution in [0.5, 0.6) is 0 Å². The number of hydrogen-bond donors (Lipinski definition) is 0. The van der Waals surface area contributed by atoms with Crippen LogP contribution in [-0.2, 0) is 5.41 Å². The van der Waals surface area contributed by atoms with E-state index in [9.17, 15) is 0 Å². The van der Waals surface area contributed by atoms with Crippen LogP contribution in [0, 0.1) is 0 Å². The molecule has 0 unspecified atom stereocenters. The molecular weight excluding hydrogens is 689 g/mol. The maximum absolute atomic E-state index is 5.16. The van der Waals surface area contributed by atoms with E-state index in [0.717, 1.165) is 33.6 Å². The summed E-state index contributed by atoms with van der Waals surface area (Å²) in [5.74, 6) is 0.715. The van der Waals surface area contributed by atoms with Gasteiger partial charge in [0.2, 0.25) is 0 Å². The average molecular weight is 727 g/mol. The lowest BCUT2D eigenvalue weighted by Crippen LogP contribution is -2.14. The largest absolute Gasteiger partial charge is 0.228 e. The minimum absolute atomic E-state index is 0.0154. The van der Waals surface area contributed by atoms with Crippen molar-refractivity contribution in [2.75, 3.05) is 0 Å². The lowest BCUT2D eigenvalue weighted by atomic mass is 9.82. The van der Waals surface area contributed by atoms with Gasteiger partial charge in [0.25, 0.3) is 0 Å². The van der Waals surface area contributed by atoms with Crippen LogP contribution in [0.25, 0.3) is 99.6 Å². The first-order valence-electron chi connectivity index (χ1n) is 19.7. The van der Waals surface area contributed by atoms with Gasteiger partial charge in [-0.05, 0) is 101 Å². The van der Waals surface area contributed by atoms with Gasteiger partial charge >= 0.3 is 0 Å². The van der Waals surface area contributed by atoms with Crippen molar-refractivity contribution in [3.8, 4) is 67.3 Å². The Labute approximate surface area is 332 Å². The Hall–Kier alpha value is -7.16. The van der Waals surface area contributed by atoms with Gasteiger partial charge in [-0.1, -0.05) is 184 Å². The van der Waals surface area contributed by atoms with E-state index in [1.807, 2.05) is 24.3 Å². The maximum atomic E-state index is 5.16. The first-order valence-corrected chi connectivity index (χ1v) is 19.7. The first-order chi connectivity index (χ1) is 28.0. The van der Waals surface area contributed by atoms with Crippen LogP contribution in [0.2, 0.25) is 0 Å². The molecule has 268 valence electrons. The summed E-state index contributed by atoms with van der Waals surface area (Å²) < 4.78 is 0. The smallest absolute Gasteiger partial charge is 0.160 e. The third-order valence-corrected chi connectivity index (χ3v) is 12.1. The number of nitrogens with zero attached hydrogens (tertiary/aromatic N) is 2. The fourth-order valence-corrected chi connectivity index (χ4v) is 9.24. The lowest BCUT2D eigenvalue weighted by Gasteiger charge is -2.21. The molecule has 0 amide bonds. The van der Waals surface area contributed by atoms with Crippen LogP contribution < -0.4 is 0 Å². The zero-order valence-electron chi connectivity index (χ0n) is 31.9. The van der Waals surface area contributed by atoms with Crippen molar-refractivity contribution >= 4 is 32.3 Å². The third kappa shape index (κ3) is 5.40. The van der Waals surface area contributed by atoms with Crippen LogP contribution in [0.3, 0.4) is 0 Å². The molecule has 10 aromatic rings. The van der Waals surface area contributed by atoms with Crippen LogP contribution in [0.4, 0.5) is 0 Å². The Morgan fingerprint density at radius 3 is 1.67 bits per heavy atom. The highest BCUT2D eigenvalue weighted by Crippen LogP contribution is 2.50. The van der Waals surface area contributed by atoms with Crippen LogP contribution in [-0.4, -0.2) is 9.97 Å². The molecule has 0 saturated carbocycles. The van der Waals surface area contributed by atoms with E-state index in [1.54, 1.807) is 0 Å². The Morgan fingerprint density at radius 1 is 0.316 bits per heavy atom. The SMILES string of the molecule is CC1(C)c2ccccc2-c2cc(-c3ccc4c(c3)c3ccccc3c3cccc(-c5cccc(-c6cc(-c7ccccc7)nc(-c7ccccc7)n6)c5)c34)ccc21. The van der Waals surface area contributed by atoms with Crippen molar-refractivity contribution in [2.45, 2.75) is 19.3 Å². The second-order valence-corrected chi connectivity index (χ2v) is 15.7. The summed E-state index contributed by atoms with van der Waals surface area (Å²) in [6.45, 7) is 4.69. The molecule has 0 spiro atoms. The van der Waals surface area contributed by atoms with Crippen molar-refractivity contribution in [1.82, 2.24) is 9.97 Å². The van der Waals surface area contributed by atoms with Crippen molar-refractivity contribution < 1.29 is 0 Å². The molecule has 0 aliphatic heterocycles. The van der Waals surface area contributed by atoms with Crippen molar-refractivity contribution in [3.05, 3.63) is 205 Å². The van der Waals surface area contributed by atoms with E-state index >= 15 is 0 Å². The van der Waals surface area contributed by atoms with Gasteiger partial charge in [0.15, 0.2) is 5.82 Å². The second kappa shape index (κ2) is 13.0. The zero-order chi connectivity index (χ0) is 38.1. The fourth-order valence-electron chi connectivity index (χ4n) is 9.24. The molecule has 2 heteroatoms. The van der Waals surface area contributed by atoms with E-state index in [1.165, 1.54) is 71.3 Å². The zero-order valence-corrected chi connectivity index (χ0v) is 31.9. The quantitative estimate of drug-likeness (QED) is 0.165. The summed E-state index contributed by atoms with van der Waals surface area (Å²) in [4.78, 5) is 10.2. The van der Waals surface area contributed by atoms with E-state index in [4.69, 9.17) is 9.97 Å². The summed E-state index contributed by atoms with van der Waals surface area (Å²) >= 11 is 0. The van der Waals surface area contributed by atoms with E-state index in [-0.39, 0.29) is 5.41 Å². The van der Waals surface area contributed by atoms with Gasteiger partial charge in [-0.3, -0.25) is 0 Å². The highest BCUT2D eigenvalue weighted by atomic mass is 14.9. The molecule has 1 heterocycles. The summed E-state index contributed by atoms with van der Waals surface area (Å²) in [5.41, 5.74) is 15.2. The molecular formula is C55H38N2. The van der Waals surface area contributed by atoms with Crippen molar-refractivity contribution in [1.29, 1.82) is 0 Å². The molecule has 2 nitrogen and oxygen atoms in total. The maximum Gasteiger partial charge on any atom is 0.160 e. The molecule has 1 aliphatic carbocycles. The van der Waals surface area contributed by atoms with Crippen LogP contribution >= 0.6 is 0 Å². The number of hydrogen-bond acceptors (Lipinski definition) is 2. The normalized spacial score (nSPS) is 12.9. The predicted octanol–water partition coefficient (Wildman–Crippen LogP) is 14.6. The lowest BCUT2D eigenvalue weighted by molar-refractivity contribution is 0.660. The fraction of sp³-hybridized carbons (Fsp3) is 0.0545. The molecule has 0 fully saturated rings. The summed E-state index contributed by atoms with van der Waals surface area (Å²) in [6.07, 6.45) is 0. The van der Waals surface area contributed by atoms with Crippen LogP contribution in [0.15, 0.2) is 194 Å². The highest BCUT2D eigenvalue weighted by Gasteiger charge is 2.35. The number of fused-ring (bicyclic) bond motifs is 9. The Balaban J connectivity index is 1.08. The minimum Gasteiger partial charge on any atom is -0.228 e. The van der Waals surface area contributed by atoms with Crippen molar-refractivity contribution in [3.63, 3.8) is 0 Å². The number of benzene rings is 9. The summed E-state index contributed by atoms with van der Waals surface area (Å²) in [6, 6.07) is 70.2. The van der Waals surface area contributed by atoms with Gasteiger partial charge < -0.3 is 0 Å². The number of aromatic nitrogens is 2.